The second kappa shape index (κ2) is 1.94. The van der Waals surface area contributed by atoms with Crippen LogP contribution in [0.5, 0.6) is 0 Å². The second-order valence-electron chi connectivity index (χ2n) is 3.18. The van der Waals surface area contributed by atoms with Crippen LogP contribution < -0.4 is 0 Å². The molecule has 0 heterocycles. The van der Waals surface area contributed by atoms with E-state index in [1.165, 1.54) is 12.8 Å². The van der Waals surface area contributed by atoms with Crippen LogP contribution in [0.1, 0.15) is 26.7 Å². The molecule has 0 aromatic rings. The van der Waals surface area contributed by atoms with Gasteiger partial charge in [0.05, 0.1) is 0 Å². The fraction of sp³-hybridized carbons (Fsp3) is 1.00. The summed E-state index contributed by atoms with van der Waals surface area (Å²) in [7, 11) is 0. The van der Waals surface area contributed by atoms with Crippen LogP contribution in [0.25, 0.3) is 0 Å². The summed E-state index contributed by atoms with van der Waals surface area (Å²) in [6.45, 7) is 4.59. The Bertz CT molecular complexity index is 82.4. The highest BCUT2D eigenvalue weighted by Crippen LogP contribution is 2.52. The van der Waals surface area contributed by atoms with Gasteiger partial charge in [-0.05, 0) is 29.9 Å². The zero-order valence-electron chi connectivity index (χ0n) is 5.65. The molecule has 0 spiro atoms. The van der Waals surface area contributed by atoms with Crippen LogP contribution in [0.15, 0.2) is 0 Å². The summed E-state index contributed by atoms with van der Waals surface area (Å²) in [5.74, 6) is 1.94. The lowest BCUT2D eigenvalue weighted by Crippen LogP contribution is -2.10. The first-order valence-electron chi connectivity index (χ1n) is 3.32. The molecule has 0 radical (unpaired) electrons. The molecule has 1 aliphatic rings. The SMILES string of the molecule is CC(C)C1(CS)CC1. The minimum Gasteiger partial charge on any atom is -0.179 e. The molecule has 1 aliphatic carbocycles. The Morgan fingerprint density at radius 2 is 2.00 bits per heavy atom. The van der Waals surface area contributed by atoms with Crippen LogP contribution in [0, 0.1) is 11.3 Å². The number of thiol groups is 1. The highest BCUT2D eigenvalue weighted by atomic mass is 32.1. The van der Waals surface area contributed by atoms with Crippen LogP contribution >= 0.6 is 12.6 Å². The quantitative estimate of drug-likeness (QED) is 0.545. The van der Waals surface area contributed by atoms with E-state index in [1.807, 2.05) is 0 Å². The summed E-state index contributed by atoms with van der Waals surface area (Å²) < 4.78 is 0. The molecule has 1 fully saturated rings. The number of hydrogen-bond donors (Lipinski definition) is 1. The molecule has 1 saturated carbocycles. The van der Waals surface area contributed by atoms with Crippen LogP contribution in [-0.2, 0) is 0 Å². The van der Waals surface area contributed by atoms with Crippen molar-refractivity contribution in [2.45, 2.75) is 26.7 Å². The van der Waals surface area contributed by atoms with Gasteiger partial charge in [-0.3, -0.25) is 0 Å². The Morgan fingerprint density at radius 1 is 1.50 bits per heavy atom. The van der Waals surface area contributed by atoms with E-state index in [-0.39, 0.29) is 0 Å². The van der Waals surface area contributed by atoms with Gasteiger partial charge in [-0.15, -0.1) is 0 Å². The third-order valence-electron chi connectivity index (χ3n) is 2.43. The Hall–Kier alpha value is 0.350. The van der Waals surface area contributed by atoms with Crippen LogP contribution in [0.4, 0.5) is 0 Å². The average molecular weight is 130 g/mol. The van der Waals surface area contributed by atoms with Gasteiger partial charge in [0.15, 0.2) is 0 Å². The molecule has 0 aliphatic heterocycles. The van der Waals surface area contributed by atoms with Crippen molar-refractivity contribution in [2.75, 3.05) is 5.75 Å². The van der Waals surface area contributed by atoms with E-state index in [0.717, 1.165) is 11.7 Å². The summed E-state index contributed by atoms with van der Waals surface area (Å²) in [4.78, 5) is 0. The van der Waals surface area contributed by atoms with Gasteiger partial charge in [-0.25, -0.2) is 0 Å². The van der Waals surface area contributed by atoms with Crippen molar-refractivity contribution in [1.82, 2.24) is 0 Å². The van der Waals surface area contributed by atoms with E-state index in [9.17, 15) is 0 Å². The first kappa shape index (κ1) is 6.47. The van der Waals surface area contributed by atoms with Crippen molar-refractivity contribution in [3.63, 3.8) is 0 Å². The monoisotopic (exact) mass is 130 g/mol. The maximum atomic E-state index is 4.30. The maximum Gasteiger partial charge on any atom is -0.00387 e. The largest absolute Gasteiger partial charge is 0.179 e. The maximum absolute atomic E-state index is 4.30. The van der Waals surface area contributed by atoms with E-state index in [0.29, 0.717) is 5.41 Å². The number of rotatable bonds is 2. The molecule has 0 bridgehead atoms. The van der Waals surface area contributed by atoms with Crippen LogP contribution in [0.3, 0.4) is 0 Å². The van der Waals surface area contributed by atoms with Gasteiger partial charge in [0, 0.05) is 0 Å². The standard InChI is InChI=1S/C7H14S/c1-6(2)7(5-8)3-4-7/h6,8H,3-5H2,1-2H3. The van der Waals surface area contributed by atoms with Gasteiger partial charge in [0.25, 0.3) is 0 Å². The first-order chi connectivity index (χ1) is 3.71. The highest BCUT2D eigenvalue weighted by molar-refractivity contribution is 7.80. The summed E-state index contributed by atoms with van der Waals surface area (Å²) in [6.07, 6.45) is 2.82. The molecule has 1 heteroatoms. The lowest BCUT2D eigenvalue weighted by atomic mass is 9.95. The fourth-order valence-electron chi connectivity index (χ4n) is 1.08. The lowest BCUT2D eigenvalue weighted by molar-refractivity contribution is 0.406. The third-order valence-corrected chi connectivity index (χ3v) is 3.06. The predicted octanol–water partition coefficient (Wildman–Crippen LogP) is 2.35. The molecule has 0 nitrogen and oxygen atoms in total. The van der Waals surface area contributed by atoms with E-state index in [2.05, 4.69) is 26.5 Å². The van der Waals surface area contributed by atoms with Crippen molar-refractivity contribution in [3.8, 4) is 0 Å². The van der Waals surface area contributed by atoms with Crippen LogP contribution in [-0.4, -0.2) is 5.75 Å². The molecule has 0 atom stereocenters. The minimum atomic E-state index is 0.656. The Balaban J connectivity index is 2.41. The molecule has 8 heavy (non-hydrogen) atoms. The zero-order chi connectivity index (χ0) is 6.20. The lowest BCUT2D eigenvalue weighted by Gasteiger charge is -2.15. The smallest absolute Gasteiger partial charge is 0.00387 e. The number of hydrogen-bond acceptors (Lipinski definition) is 1. The molecule has 1 rings (SSSR count). The Kier molecular flexibility index (Phi) is 1.57. The van der Waals surface area contributed by atoms with Gasteiger partial charge < -0.3 is 0 Å². The molecule has 0 unspecified atom stereocenters. The van der Waals surface area contributed by atoms with Gasteiger partial charge >= 0.3 is 0 Å². The topological polar surface area (TPSA) is 0 Å². The van der Waals surface area contributed by atoms with Gasteiger partial charge in [0.1, 0.15) is 0 Å². The van der Waals surface area contributed by atoms with E-state index in [1.54, 1.807) is 0 Å². The summed E-state index contributed by atoms with van der Waals surface area (Å²) in [5, 5.41) is 0. The summed E-state index contributed by atoms with van der Waals surface area (Å²) >= 11 is 4.30. The van der Waals surface area contributed by atoms with Gasteiger partial charge in [-0.2, -0.15) is 12.6 Å². The van der Waals surface area contributed by atoms with Gasteiger partial charge in [-0.1, -0.05) is 13.8 Å². The summed E-state index contributed by atoms with van der Waals surface area (Å²) in [5.41, 5.74) is 0.656. The molecule has 0 aromatic carbocycles. The average Bonchev–Trinajstić information content (AvgIpc) is 2.44. The predicted molar refractivity (Wildman–Crippen MR) is 40.4 cm³/mol. The van der Waals surface area contributed by atoms with Gasteiger partial charge in [0.2, 0.25) is 0 Å². The third kappa shape index (κ3) is 0.883. The Morgan fingerprint density at radius 3 is 2.00 bits per heavy atom. The first-order valence-corrected chi connectivity index (χ1v) is 3.95. The molecule has 48 valence electrons. The van der Waals surface area contributed by atoms with E-state index >= 15 is 0 Å². The molecule has 0 aromatic heterocycles. The molecule has 0 amide bonds. The van der Waals surface area contributed by atoms with Crippen molar-refractivity contribution >= 4 is 12.6 Å². The molecular weight excluding hydrogens is 116 g/mol. The van der Waals surface area contributed by atoms with Crippen molar-refractivity contribution in [3.05, 3.63) is 0 Å². The van der Waals surface area contributed by atoms with E-state index in [4.69, 9.17) is 0 Å². The van der Waals surface area contributed by atoms with Crippen molar-refractivity contribution in [1.29, 1.82) is 0 Å². The molecule has 0 saturated heterocycles. The minimum absolute atomic E-state index is 0.656. The fourth-order valence-corrected chi connectivity index (χ4v) is 1.76. The highest BCUT2D eigenvalue weighted by Gasteiger charge is 2.43. The molecular formula is C7H14S. The molecule has 0 N–H and O–H groups in total. The second-order valence-corrected chi connectivity index (χ2v) is 3.49. The normalized spacial score (nSPS) is 24.0. The van der Waals surface area contributed by atoms with Crippen molar-refractivity contribution < 1.29 is 0 Å². The van der Waals surface area contributed by atoms with Crippen molar-refractivity contribution in [2.24, 2.45) is 11.3 Å². The zero-order valence-corrected chi connectivity index (χ0v) is 6.54. The summed E-state index contributed by atoms with van der Waals surface area (Å²) in [6, 6.07) is 0. The Labute approximate surface area is 57.1 Å². The van der Waals surface area contributed by atoms with Crippen LogP contribution in [0.2, 0.25) is 0 Å². The van der Waals surface area contributed by atoms with E-state index < -0.39 is 0 Å².